The first-order valence-corrected chi connectivity index (χ1v) is 6.91. The van der Waals surface area contributed by atoms with Gasteiger partial charge in [-0.1, -0.05) is 6.92 Å². The molecule has 1 aromatic rings. The zero-order chi connectivity index (χ0) is 15.4. The van der Waals surface area contributed by atoms with Crippen LogP contribution < -0.4 is 4.90 Å². The Morgan fingerprint density at radius 1 is 1.24 bits per heavy atom. The molecule has 1 aliphatic carbocycles. The Bertz CT molecular complexity index is 619. The number of aryl methyl sites for hydroxylation is 2. The molecule has 1 saturated heterocycles. The maximum atomic E-state index is 11.5. The lowest BCUT2D eigenvalue weighted by Gasteiger charge is -2.21. The van der Waals surface area contributed by atoms with Gasteiger partial charge in [-0.05, 0) is 13.3 Å². The Morgan fingerprint density at radius 3 is 2.29 bits per heavy atom. The van der Waals surface area contributed by atoms with Crippen LogP contribution in [-0.4, -0.2) is 45.2 Å². The van der Waals surface area contributed by atoms with Crippen LogP contribution in [0.25, 0.3) is 0 Å². The van der Waals surface area contributed by atoms with Gasteiger partial charge in [-0.3, -0.25) is 9.59 Å². The Kier molecular flexibility index (Phi) is 2.73. The number of piperidine rings is 1. The van der Waals surface area contributed by atoms with Crippen LogP contribution in [-0.2, 0) is 16.0 Å². The number of fused-ring (bicyclic) bond motifs is 1. The molecule has 2 fully saturated rings. The Hall–Kier alpha value is -2.18. The number of hydrogen-bond donors (Lipinski definition) is 2. The SMILES string of the molecule is CCc1nc(C)cc(N2C[C@@]3(C(=O)O)C[C@@]3(C(=O)O)C2)n1. The summed E-state index contributed by atoms with van der Waals surface area (Å²) in [5, 5.41) is 18.9. The van der Waals surface area contributed by atoms with Crippen LogP contribution in [0.1, 0.15) is 24.9 Å². The van der Waals surface area contributed by atoms with Gasteiger partial charge in [0.15, 0.2) is 0 Å². The van der Waals surface area contributed by atoms with Crippen molar-refractivity contribution in [2.45, 2.75) is 26.7 Å². The molecule has 2 heterocycles. The van der Waals surface area contributed by atoms with E-state index < -0.39 is 22.8 Å². The minimum absolute atomic E-state index is 0.189. The van der Waals surface area contributed by atoms with E-state index in [2.05, 4.69) is 9.97 Å². The lowest BCUT2D eigenvalue weighted by atomic mass is 9.97. The van der Waals surface area contributed by atoms with Crippen molar-refractivity contribution in [1.29, 1.82) is 0 Å². The molecular formula is C14H17N3O4. The molecule has 0 spiro atoms. The Morgan fingerprint density at radius 2 is 1.81 bits per heavy atom. The predicted octanol–water partition coefficient (Wildman–Crippen LogP) is 0.713. The highest BCUT2D eigenvalue weighted by atomic mass is 16.4. The van der Waals surface area contributed by atoms with Crippen molar-refractivity contribution in [3.05, 3.63) is 17.6 Å². The molecule has 2 N–H and O–H groups in total. The fourth-order valence-corrected chi connectivity index (χ4v) is 3.38. The van der Waals surface area contributed by atoms with Crippen molar-refractivity contribution < 1.29 is 19.8 Å². The number of hydrogen-bond acceptors (Lipinski definition) is 5. The second-order valence-corrected chi connectivity index (χ2v) is 5.94. The summed E-state index contributed by atoms with van der Waals surface area (Å²) in [5.41, 5.74) is -1.56. The van der Waals surface area contributed by atoms with Gasteiger partial charge in [0, 0.05) is 31.3 Å². The number of rotatable bonds is 4. The molecular weight excluding hydrogens is 274 g/mol. The standard InChI is InChI=1S/C14H17N3O4/c1-3-9-15-8(2)4-10(16-9)17-6-13(11(18)19)5-14(13,7-17)12(20)21/h4H,3,5-7H2,1-2H3,(H,18,19)(H,20,21)/t13-,14+. The van der Waals surface area contributed by atoms with Gasteiger partial charge in [0.05, 0.1) is 0 Å². The second kappa shape index (κ2) is 4.16. The van der Waals surface area contributed by atoms with Gasteiger partial charge in [-0.2, -0.15) is 0 Å². The molecule has 0 bridgehead atoms. The Labute approximate surface area is 121 Å². The van der Waals surface area contributed by atoms with Crippen LogP contribution in [0.5, 0.6) is 0 Å². The van der Waals surface area contributed by atoms with E-state index in [4.69, 9.17) is 0 Å². The fraction of sp³-hybridized carbons (Fsp3) is 0.571. The lowest BCUT2D eigenvalue weighted by molar-refractivity contribution is -0.151. The largest absolute Gasteiger partial charge is 0.481 e. The van der Waals surface area contributed by atoms with Crippen LogP contribution in [0, 0.1) is 17.8 Å². The second-order valence-electron chi connectivity index (χ2n) is 5.94. The van der Waals surface area contributed by atoms with Gasteiger partial charge >= 0.3 is 11.9 Å². The maximum Gasteiger partial charge on any atom is 0.312 e. The normalized spacial score (nSPS) is 30.1. The van der Waals surface area contributed by atoms with Crippen LogP contribution in [0.4, 0.5) is 5.82 Å². The highest BCUT2D eigenvalue weighted by Crippen LogP contribution is 2.68. The van der Waals surface area contributed by atoms with Gasteiger partial charge in [-0.15, -0.1) is 0 Å². The maximum absolute atomic E-state index is 11.5. The monoisotopic (exact) mass is 291 g/mol. The van der Waals surface area contributed by atoms with E-state index in [9.17, 15) is 19.8 Å². The van der Waals surface area contributed by atoms with Gasteiger partial charge in [-0.25, -0.2) is 9.97 Å². The van der Waals surface area contributed by atoms with Crippen molar-refractivity contribution in [3.8, 4) is 0 Å². The van der Waals surface area contributed by atoms with Gasteiger partial charge in [0.1, 0.15) is 22.5 Å². The van der Waals surface area contributed by atoms with Gasteiger partial charge in [0.2, 0.25) is 0 Å². The van der Waals surface area contributed by atoms with Gasteiger partial charge < -0.3 is 15.1 Å². The summed E-state index contributed by atoms with van der Waals surface area (Å²) in [6.45, 7) is 4.17. The third kappa shape index (κ3) is 1.73. The first-order valence-electron chi connectivity index (χ1n) is 6.91. The molecule has 2 atom stereocenters. The lowest BCUT2D eigenvalue weighted by Crippen LogP contribution is -2.29. The topological polar surface area (TPSA) is 104 Å². The number of carboxylic acids is 2. The van der Waals surface area contributed by atoms with E-state index in [1.807, 2.05) is 13.8 Å². The summed E-state index contributed by atoms with van der Waals surface area (Å²) in [7, 11) is 0. The number of anilines is 1. The average molecular weight is 291 g/mol. The van der Waals surface area contributed by atoms with Gasteiger partial charge in [0.25, 0.3) is 0 Å². The van der Waals surface area contributed by atoms with Crippen molar-refractivity contribution in [3.63, 3.8) is 0 Å². The fourth-order valence-electron chi connectivity index (χ4n) is 3.38. The van der Waals surface area contributed by atoms with E-state index in [0.29, 0.717) is 18.1 Å². The van der Waals surface area contributed by atoms with Crippen LogP contribution in [0.2, 0.25) is 0 Å². The summed E-state index contributed by atoms with van der Waals surface area (Å²) in [6.07, 6.45) is 0.878. The van der Waals surface area contributed by atoms with Crippen LogP contribution >= 0.6 is 0 Å². The molecule has 0 amide bonds. The third-order valence-corrected chi connectivity index (χ3v) is 4.66. The van der Waals surface area contributed by atoms with E-state index in [1.54, 1.807) is 11.0 Å². The molecule has 0 radical (unpaired) electrons. The predicted molar refractivity (Wildman–Crippen MR) is 73.1 cm³/mol. The zero-order valence-electron chi connectivity index (χ0n) is 12.0. The smallest absolute Gasteiger partial charge is 0.312 e. The van der Waals surface area contributed by atoms with E-state index in [1.165, 1.54) is 0 Å². The van der Waals surface area contributed by atoms with Crippen molar-refractivity contribution in [1.82, 2.24) is 9.97 Å². The molecule has 3 rings (SSSR count). The highest BCUT2D eigenvalue weighted by Gasteiger charge is 2.81. The summed E-state index contributed by atoms with van der Waals surface area (Å²) in [4.78, 5) is 33.5. The minimum atomic E-state index is -1.18. The van der Waals surface area contributed by atoms with Crippen molar-refractivity contribution >= 4 is 17.8 Å². The number of aromatic nitrogens is 2. The van der Waals surface area contributed by atoms with Crippen LogP contribution in [0.15, 0.2) is 6.07 Å². The highest BCUT2D eigenvalue weighted by molar-refractivity contribution is 5.95. The molecule has 7 heteroatoms. The molecule has 0 unspecified atom stereocenters. The summed E-state index contributed by atoms with van der Waals surface area (Å²) < 4.78 is 0. The first kappa shape index (κ1) is 13.8. The molecule has 1 aliphatic heterocycles. The summed E-state index contributed by atoms with van der Waals surface area (Å²) in [5.74, 6) is -0.769. The first-order chi connectivity index (χ1) is 9.84. The van der Waals surface area contributed by atoms with E-state index >= 15 is 0 Å². The van der Waals surface area contributed by atoms with Crippen molar-refractivity contribution in [2.24, 2.45) is 10.8 Å². The average Bonchev–Trinajstić information content (AvgIpc) is 2.97. The third-order valence-electron chi connectivity index (χ3n) is 4.66. The summed E-state index contributed by atoms with van der Waals surface area (Å²) >= 11 is 0. The molecule has 7 nitrogen and oxygen atoms in total. The molecule has 0 aromatic carbocycles. The summed E-state index contributed by atoms with van der Waals surface area (Å²) in [6, 6.07) is 1.77. The van der Waals surface area contributed by atoms with Crippen LogP contribution in [0.3, 0.4) is 0 Å². The molecule has 2 aliphatic rings. The number of carboxylic acid groups (broad SMARTS) is 2. The zero-order valence-corrected chi connectivity index (χ0v) is 12.0. The molecule has 21 heavy (non-hydrogen) atoms. The van der Waals surface area contributed by atoms with E-state index in [-0.39, 0.29) is 19.5 Å². The minimum Gasteiger partial charge on any atom is -0.481 e. The molecule has 1 saturated carbocycles. The molecule has 1 aromatic heterocycles. The number of carbonyl (C=O) groups is 2. The van der Waals surface area contributed by atoms with Crippen molar-refractivity contribution in [2.75, 3.05) is 18.0 Å². The Balaban J connectivity index is 1.96. The quantitative estimate of drug-likeness (QED) is 0.842. The molecule has 112 valence electrons. The number of aliphatic carboxylic acids is 2. The number of nitrogens with zero attached hydrogens (tertiary/aromatic N) is 3. The van der Waals surface area contributed by atoms with E-state index in [0.717, 1.165) is 5.69 Å².